The first-order chi connectivity index (χ1) is 21.6. The van der Waals surface area contributed by atoms with Crippen LogP contribution >= 0.6 is 0 Å². The fourth-order valence-corrected chi connectivity index (χ4v) is 5.39. The summed E-state index contributed by atoms with van der Waals surface area (Å²) in [4.78, 5) is 19.1. The van der Waals surface area contributed by atoms with E-state index in [2.05, 4.69) is 24.0 Å². The van der Waals surface area contributed by atoms with Crippen molar-refractivity contribution in [3.05, 3.63) is 132 Å². The van der Waals surface area contributed by atoms with Crippen LogP contribution in [0.4, 0.5) is 0 Å². The van der Waals surface area contributed by atoms with Crippen LogP contribution in [0.1, 0.15) is 35.6 Å². The molecule has 0 saturated heterocycles. The molecule has 226 valence electrons. The SMILES string of the molecule is C=CC[C@@]1(C(=O)NCCc2ccccc2OC)N=C(c2ccc(OCCCO)cc2)O[C@@H]1c1ccc(-c2ccccc2)cc1. The number of nitrogens with zero attached hydrogens (tertiary/aromatic N) is 1. The second-order valence-corrected chi connectivity index (χ2v) is 10.6. The zero-order valence-corrected chi connectivity index (χ0v) is 24.9. The lowest BCUT2D eigenvalue weighted by molar-refractivity contribution is -0.128. The number of nitrogens with one attached hydrogen (secondary N) is 1. The third kappa shape index (κ3) is 6.84. The molecule has 1 aliphatic rings. The summed E-state index contributed by atoms with van der Waals surface area (Å²) >= 11 is 0. The van der Waals surface area contributed by atoms with E-state index in [9.17, 15) is 4.79 Å². The predicted molar refractivity (Wildman–Crippen MR) is 173 cm³/mol. The molecule has 4 aromatic carbocycles. The molecule has 0 unspecified atom stereocenters. The van der Waals surface area contributed by atoms with Crippen molar-refractivity contribution in [2.24, 2.45) is 4.99 Å². The van der Waals surface area contributed by atoms with Crippen molar-refractivity contribution in [1.29, 1.82) is 0 Å². The number of ether oxygens (including phenoxy) is 3. The van der Waals surface area contributed by atoms with Gasteiger partial charge in [-0.3, -0.25) is 4.79 Å². The molecule has 7 nitrogen and oxygen atoms in total. The van der Waals surface area contributed by atoms with Crippen molar-refractivity contribution in [2.45, 2.75) is 30.9 Å². The van der Waals surface area contributed by atoms with Crippen molar-refractivity contribution in [3.8, 4) is 22.6 Å². The minimum atomic E-state index is -1.26. The summed E-state index contributed by atoms with van der Waals surface area (Å²) in [7, 11) is 1.64. The molecule has 1 amide bonds. The van der Waals surface area contributed by atoms with Gasteiger partial charge in [-0.1, -0.05) is 78.9 Å². The van der Waals surface area contributed by atoms with E-state index in [-0.39, 0.29) is 18.9 Å². The second-order valence-electron chi connectivity index (χ2n) is 10.6. The van der Waals surface area contributed by atoms with Gasteiger partial charge in [-0.25, -0.2) is 4.99 Å². The number of aliphatic imine (C=N–C) groups is 1. The normalized spacial score (nSPS) is 17.3. The van der Waals surface area contributed by atoms with Gasteiger partial charge in [0.15, 0.2) is 11.6 Å². The van der Waals surface area contributed by atoms with E-state index in [0.717, 1.165) is 33.6 Å². The molecule has 2 atom stereocenters. The van der Waals surface area contributed by atoms with Gasteiger partial charge in [0, 0.05) is 31.6 Å². The molecule has 0 radical (unpaired) electrons. The van der Waals surface area contributed by atoms with Gasteiger partial charge in [0.2, 0.25) is 5.90 Å². The quantitative estimate of drug-likeness (QED) is 0.133. The third-order valence-electron chi connectivity index (χ3n) is 7.68. The highest BCUT2D eigenvalue weighted by atomic mass is 16.5. The van der Waals surface area contributed by atoms with Crippen molar-refractivity contribution in [2.75, 3.05) is 26.9 Å². The van der Waals surface area contributed by atoms with E-state index in [1.165, 1.54) is 0 Å². The van der Waals surface area contributed by atoms with E-state index >= 15 is 0 Å². The second kappa shape index (κ2) is 14.5. The molecule has 4 aromatic rings. The number of hydrogen-bond donors (Lipinski definition) is 2. The average Bonchev–Trinajstić information content (AvgIpc) is 3.46. The van der Waals surface area contributed by atoms with E-state index in [1.54, 1.807) is 13.2 Å². The van der Waals surface area contributed by atoms with Gasteiger partial charge in [-0.2, -0.15) is 0 Å². The lowest BCUT2D eigenvalue weighted by Gasteiger charge is -2.30. The lowest BCUT2D eigenvalue weighted by atomic mass is 9.84. The maximum atomic E-state index is 14.1. The minimum absolute atomic E-state index is 0.0722. The molecule has 0 saturated carbocycles. The van der Waals surface area contributed by atoms with Crippen molar-refractivity contribution in [3.63, 3.8) is 0 Å². The Morgan fingerprint density at radius 1 is 0.955 bits per heavy atom. The molecular formula is C37H38N2O5. The fourth-order valence-electron chi connectivity index (χ4n) is 5.39. The zero-order valence-electron chi connectivity index (χ0n) is 24.9. The number of methoxy groups -OCH3 is 1. The van der Waals surface area contributed by atoms with Crippen LogP contribution in [0.2, 0.25) is 0 Å². The molecular weight excluding hydrogens is 552 g/mol. The highest BCUT2D eigenvalue weighted by molar-refractivity contribution is 6.01. The van der Waals surface area contributed by atoms with Gasteiger partial charge < -0.3 is 24.6 Å². The van der Waals surface area contributed by atoms with E-state index < -0.39 is 11.6 Å². The molecule has 0 aliphatic carbocycles. The van der Waals surface area contributed by atoms with Crippen LogP contribution in [-0.2, 0) is 16.0 Å². The van der Waals surface area contributed by atoms with Crippen LogP contribution < -0.4 is 14.8 Å². The predicted octanol–water partition coefficient (Wildman–Crippen LogP) is 6.32. The Kier molecular flexibility index (Phi) is 10.1. The Morgan fingerprint density at radius 2 is 1.64 bits per heavy atom. The molecule has 1 heterocycles. The Labute approximate surface area is 258 Å². The summed E-state index contributed by atoms with van der Waals surface area (Å²) in [5.41, 5.74) is 3.50. The molecule has 0 fully saturated rings. The number of aliphatic hydroxyl groups excluding tert-OH is 1. The maximum Gasteiger partial charge on any atom is 0.252 e. The van der Waals surface area contributed by atoms with Crippen LogP contribution in [0.15, 0.2) is 121 Å². The van der Waals surface area contributed by atoms with Gasteiger partial charge in [0.1, 0.15) is 11.5 Å². The van der Waals surface area contributed by atoms with E-state index in [4.69, 9.17) is 24.3 Å². The number of hydrogen-bond acceptors (Lipinski definition) is 6. The first-order valence-electron chi connectivity index (χ1n) is 14.8. The number of benzene rings is 4. The number of carbonyl (C=O) groups is 1. The van der Waals surface area contributed by atoms with Gasteiger partial charge in [0.25, 0.3) is 5.91 Å². The number of amides is 1. The van der Waals surface area contributed by atoms with Crippen molar-refractivity contribution < 1.29 is 24.1 Å². The smallest absolute Gasteiger partial charge is 0.252 e. The zero-order chi connectivity index (χ0) is 30.8. The summed E-state index contributed by atoms with van der Waals surface area (Å²) < 4.78 is 17.7. The number of rotatable bonds is 14. The Hall–Kier alpha value is -4.88. The third-order valence-corrected chi connectivity index (χ3v) is 7.68. The molecule has 5 rings (SSSR count). The van der Waals surface area contributed by atoms with Crippen LogP contribution in [0.25, 0.3) is 11.1 Å². The van der Waals surface area contributed by atoms with Crippen LogP contribution in [0.5, 0.6) is 11.5 Å². The van der Waals surface area contributed by atoms with Crippen LogP contribution in [0.3, 0.4) is 0 Å². The largest absolute Gasteiger partial charge is 0.496 e. The summed E-state index contributed by atoms with van der Waals surface area (Å²) in [6.07, 6.45) is 2.49. The maximum absolute atomic E-state index is 14.1. The molecule has 0 spiro atoms. The van der Waals surface area contributed by atoms with Crippen molar-refractivity contribution in [1.82, 2.24) is 5.32 Å². The number of aliphatic hydroxyl groups is 1. The van der Waals surface area contributed by atoms with Gasteiger partial charge in [-0.15, -0.1) is 6.58 Å². The van der Waals surface area contributed by atoms with E-state index in [0.29, 0.717) is 37.6 Å². The van der Waals surface area contributed by atoms with E-state index in [1.807, 2.05) is 91.0 Å². The molecule has 0 aromatic heterocycles. The molecule has 1 aliphatic heterocycles. The summed E-state index contributed by atoms with van der Waals surface area (Å²) in [5, 5.41) is 12.2. The Morgan fingerprint density at radius 3 is 2.34 bits per heavy atom. The first kappa shape index (κ1) is 30.6. The molecule has 7 heteroatoms. The Bertz CT molecular complexity index is 1570. The first-order valence-corrected chi connectivity index (χ1v) is 14.8. The molecule has 44 heavy (non-hydrogen) atoms. The standard InChI is InChI=1S/C37H38N2O5/c1-3-23-37(36(41)38-24-22-29-12-7-8-13-33(29)42-2)34(30-16-14-28(15-17-30)27-10-5-4-6-11-27)44-35(39-37)31-18-20-32(21-19-31)43-26-9-25-40/h3-8,10-21,34,40H,1,9,22-26H2,2H3,(H,38,41)/t34-,37-/m1/s1. The van der Waals surface area contributed by atoms with Crippen molar-refractivity contribution >= 4 is 11.8 Å². The van der Waals surface area contributed by atoms with Gasteiger partial charge in [0.05, 0.1) is 13.7 Å². The average molecular weight is 591 g/mol. The topological polar surface area (TPSA) is 89.4 Å². The summed E-state index contributed by atoms with van der Waals surface area (Å²) in [5.74, 6) is 1.61. The number of para-hydroxylation sites is 1. The summed E-state index contributed by atoms with van der Waals surface area (Å²) in [6, 6.07) is 33.4. The highest BCUT2D eigenvalue weighted by Crippen LogP contribution is 2.43. The van der Waals surface area contributed by atoms with Gasteiger partial charge >= 0.3 is 0 Å². The van der Waals surface area contributed by atoms with Crippen LogP contribution in [-0.4, -0.2) is 49.3 Å². The van der Waals surface area contributed by atoms with Gasteiger partial charge in [-0.05, 0) is 59.0 Å². The highest BCUT2D eigenvalue weighted by Gasteiger charge is 2.52. The number of carbonyl (C=O) groups excluding carboxylic acids is 1. The summed E-state index contributed by atoms with van der Waals surface area (Å²) in [6.45, 7) is 4.87. The monoisotopic (exact) mass is 590 g/mol. The Balaban J connectivity index is 1.44. The molecule has 0 bridgehead atoms. The fraction of sp³-hybridized carbons (Fsp3) is 0.243. The lowest BCUT2D eigenvalue weighted by Crippen LogP contribution is -2.48. The molecule has 2 N–H and O–H groups in total. The van der Waals surface area contributed by atoms with Crippen LogP contribution in [0, 0.1) is 0 Å². The minimum Gasteiger partial charge on any atom is -0.496 e.